The smallest absolute Gasteiger partial charge is 0.496 e. The van der Waals surface area contributed by atoms with Crippen molar-refractivity contribution in [1.29, 1.82) is 0 Å². The van der Waals surface area contributed by atoms with Crippen LogP contribution in [0.4, 0.5) is 18.4 Å². The van der Waals surface area contributed by atoms with Crippen molar-refractivity contribution in [3.63, 3.8) is 0 Å². The SMILES string of the molecule is COc1ccc(CN(C(=O)C2=C(c3ccc(CCCOc4c(F)ccc(F)c4Cl)cc3)CC3CC(C(=O)NCCOC(=O)OCCOCCO[N+](=O)[O-])CC2N3C(=O)OCCOCCO[N+](=O)[O-])C2CC2)cc1C. The fraction of sp³-hybridized carbons (Fsp3) is 0.510. The number of aryl methyl sites for hydroxylation is 2. The molecule has 402 valence electrons. The maximum absolute atomic E-state index is 15.5. The lowest BCUT2D eigenvalue weighted by Crippen LogP contribution is -2.59. The Balaban J connectivity index is 1.22. The number of carbonyl (C=O) groups excluding carboxylic acids is 4. The second-order valence-electron chi connectivity index (χ2n) is 17.3. The standard InChI is InChI=1S/C49H58ClF2N5O17/c1-31-26-33(7-14-42(31)66-2)30-54(36-10-11-36)47(59)43-38(34-8-5-32(6-9-34)4-3-16-69-45-40(52)13-12-39(51)44(45)50)29-37-27-35(28-41(43)55(37)48(60)70-22-18-67-20-24-73-56(62)63)46(58)53-15-17-71-49(61)72-23-19-68-21-25-74-57(64)65/h5-9,12-14,26,35-37,41H,3-4,10-11,15-25,27-30H2,1-2H3,(H,53,58). The van der Waals surface area contributed by atoms with Crippen LogP contribution in [0.15, 0.2) is 60.2 Å². The summed E-state index contributed by atoms with van der Waals surface area (Å²) in [5.74, 6) is -2.70. The lowest BCUT2D eigenvalue weighted by molar-refractivity contribution is -0.758. The van der Waals surface area contributed by atoms with E-state index in [9.17, 15) is 43.4 Å². The van der Waals surface area contributed by atoms with E-state index in [1.54, 1.807) is 12.0 Å². The van der Waals surface area contributed by atoms with Gasteiger partial charge in [-0.15, -0.1) is 20.2 Å². The molecule has 0 aromatic heterocycles. The fourth-order valence-electron chi connectivity index (χ4n) is 8.79. The first-order chi connectivity index (χ1) is 35.6. The molecule has 1 saturated carbocycles. The topological polar surface area (TPSA) is 256 Å². The third kappa shape index (κ3) is 16.2. The number of amides is 3. The van der Waals surface area contributed by atoms with E-state index in [1.807, 2.05) is 49.4 Å². The molecule has 2 bridgehead atoms. The van der Waals surface area contributed by atoms with E-state index in [0.29, 0.717) is 35.3 Å². The summed E-state index contributed by atoms with van der Waals surface area (Å²) in [6.07, 6.45) is 0.979. The third-order valence-electron chi connectivity index (χ3n) is 12.3. The Morgan fingerprint density at radius 1 is 0.797 bits per heavy atom. The van der Waals surface area contributed by atoms with Crippen molar-refractivity contribution in [2.75, 3.05) is 79.7 Å². The van der Waals surface area contributed by atoms with E-state index in [0.717, 1.165) is 41.7 Å². The molecule has 22 nitrogen and oxygen atoms in total. The highest BCUT2D eigenvalue weighted by molar-refractivity contribution is 6.32. The zero-order chi connectivity index (χ0) is 53.1. The lowest BCUT2D eigenvalue weighted by atomic mass is 9.73. The summed E-state index contributed by atoms with van der Waals surface area (Å²) in [5, 5.41) is 21.2. The van der Waals surface area contributed by atoms with E-state index >= 15 is 4.79 Å². The Hall–Kier alpha value is -7.05. The van der Waals surface area contributed by atoms with Crippen molar-refractivity contribution in [3.8, 4) is 11.5 Å². The van der Waals surface area contributed by atoms with E-state index in [4.69, 9.17) is 44.8 Å². The molecule has 3 amide bonds. The van der Waals surface area contributed by atoms with Gasteiger partial charge in [0.25, 0.3) is 16.1 Å². The molecule has 3 unspecified atom stereocenters. The molecule has 1 aliphatic carbocycles. The van der Waals surface area contributed by atoms with Gasteiger partial charge in [-0.1, -0.05) is 48.0 Å². The van der Waals surface area contributed by atoms with Crippen molar-refractivity contribution >= 4 is 41.2 Å². The van der Waals surface area contributed by atoms with Gasteiger partial charge in [0, 0.05) is 30.1 Å². The van der Waals surface area contributed by atoms with Crippen molar-refractivity contribution in [1.82, 2.24) is 15.1 Å². The molecule has 3 atom stereocenters. The summed E-state index contributed by atoms with van der Waals surface area (Å²) in [6, 6.07) is 13.4. The van der Waals surface area contributed by atoms with Gasteiger partial charge in [-0.3, -0.25) is 14.5 Å². The number of benzene rings is 3. The van der Waals surface area contributed by atoms with E-state index < -0.39 is 63.0 Å². The van der Waals surface area contributed by atoms with Crippen LogP contribution in [0.2, 0.25) is 5.02 Å². The molecule has 3 aliphatic rings. The Bertz CT molecular complexity index is 2480. The lowest BCUT2D eigenvalue weighted by Gasteiger charge is -2.49. The van der Waals surface area contributed by atoms with Crippen LogP contribution in [-0.4, -0.2) is 142 Å². The second-order valence-corrected chi connectivity index (χ2v) is 17.7. The molecule has 1 N–H and O–H groups in total. The maximum Gasteiger partial charge on any atom is 0.508 e. The first kappa shape index (κ1) is 56.2. The maximum atomic E-state index is 15.5. The van der Waals surface area contributed by atoms with E-state index in [1.165, 1.54) is 4.90 Å². The van der Waals surface area contributed by atoms with Crippen LogP contribution in [-0.2, 0) is 55.9 Å². The zero-order valence-corrected chi connectivity index (χ0v) is 41.6. The van der Waals surface area contributed by atoms with Crippen LogP contribution >= 0.6 is 11.6 Å². The van der Waals surface area contributed by atoms with Gasteiger partial charge >= 0.3 is 12.2 Å². The monoisotopic (exact) mass is 1060 g/mol. The number of fused-ring (bicyclic) bond motifs is 2. The number of nitrogens with zero attached hydrogens (tertiary/aromatic N) is 4. The Morgan fingerprint density at radius 3 is 2.08 bits per heavy atom. The molecule has 1 saturated heterocycles. The van der Waals surface area contributed by atoms with Gasteiger partial charge in [0.15, 0.2) is 11.6 Å². The highest BCUT2D eigenvalue weighted by atomic mass is 35.5. The van der Waals surface area contributed by atoms with Crippen LogP contribution in [0.25, 0.3) is 5.57 Å². The Morgan fingerprint density at radius 2 is 1.43 bits per heavy atom. The first-order valence-electron chi connectivity index (χ1n) is 23.9. The van der Waals surface area contributed by atoms with Gasteiger partial charge in [0.2, 0.25) is 5.91 Å². The Labute approximate surface area is 429 Å². The molecule has 0 spiro atoms. The van der Waals surface area contributed by atoms with Gasteiger partial charge in [0.05, 0.1) is 52.7 Å². The summed E-state index contributed by atoms with van der Waals surface area (Å²) in [7, 11) is 1.58. The van der Waals surface area contributed by atoms with E-state index in [2.05, 4.69) is 15.0 Å². The third-order valence-corrected chi connectivity index (χ3v) is 12.6. The van der Waals surface area contributed by atoms with Crippen molar-refractivity contribution in [3.05, 3.63) is 119 Å². The van der Waals surface area contributed by atoms with E-state index in [-0.39, 0.29) is 116 Å². The van der Waals surface area contributed by atoms with Gasteiger partial charge < -0.3 is 53.0 Å². The predicted octanol–water partition coefficient (Wildman–Crippen LogP) is 6.60. The molecule has 74 heavy (non-hydrogen) atoms. The molecular weight excluding hydrogens is 1000 g/mol. The van der Waals surface area contributed by atoms with Gasteiger partial charge in [-0.05, 0) is 97.9 Å². The first-order valence-corrected chi connectivity index (χ1v) is 24.3. The number of hydrogen-bond acceptors (Lipinski definition) is 17. The van der Waals surface area contributed by atoms with Crippen LogP contribution < -0.4 is 14.8 Å². The van der Waals surface area contributed by atoms with Crippen molar-refractivity contribution in [2.45, 2.75) is 76.5 Å². The number of halogens is 3. The van der Waals surface area contributed by atoms with Gasteiger partial charge in [-0.2, -0.15) is 0 Å². The number of rotatable bonds is 29. The number of nitrogens with one attached hydrogen (secondary N) is 1. The molecule has 3 aromatic carbocycles. The van der Waals surface area contributed by atoms with Crippen LogP contribution in [0.5, 0.6) is 11.5 Å². The minimum absolute atomic E-state index is 0.0144. The van der Waals surface area contributed by atoms with Gasteiger partial charge in [0.1, 0.15) is 49.6 Å². The predicted molar refractivity (Wildman–Crippen MR) is 256 cm³/mol. The molecular formula is C49H58ClF2N5O17. The molecule has 25 heteroatoms. The zero-order valence-electron chi connectivity index (χ0n) is 40.8. The molecule has 6 rings (SSSR count). The summed E-state index contributed by atoms with van der Waals surface area (Å²) >= 11 is 5.93. The quantitative estimate of drug-likeness (QED) is 0.0252. The second kappa shape index (κ2) is 27.8. The number of hydrogen-bond donors (Lipinski definition) is 1. The molecule has 3 aromatic rings. The fourth-order valence-corrected chi connectivity index (χ4v) is 9.00. The normalized spacial score (nSPS) is 16.9. The summed E-state index contributed by atoms with van der Waals surface area (Å²) in [5.41, 5.74) is 4.34. The number of ether oxygens (including phenoxy) is 7. The number of methoxy groups -OCH3 is 1. The number of piperidine rings is 1. The molecule has 2 aliphatic heterocycles. The molecule has 0 radical (unpaired) electrons. The summed E-state index contributed by atoms with van der Waals surface area (Å²) in [4.78, 5) is 88.4. The summed E-state index contributed by atoms with van der Waals surface area (Å²) in [6.45, 7) is 0.393. The molecule has 2 heterocycles. The summed E-state index contributed by atoms with van der Waals surface area (Å²) < 4.78 is 65.4. The van der Waals surface area contributed by atoms with Crippen LogP contribution in [0.3, 0.4) is 0 Å². The van der Waals surface area contributed by atoms with Crippen molar-refractivity contribution in [2.24, 2.45) is 5.92 Å². The van der Waals surface area contributed by atoms with Crippen molar-refractivity contribution < 1.29 is 81.0 Å². The Kier molecular flexibility index (Phi) is 21.2. The number of carbonyl (C=O) groups is 4. The highest BCUT2D eigenvalue weighted by Gasteiger charge is 2.50. The minimum Gasteiger partial charge on any atom is -0.496 e. The average molecular weight is 1060 g/mol. The molecule has 2 fully saturated rings. The van der Waals surface area contributed by atoms with Crippen LogP contribution in [0.1, 0.15) is 60.8 Å². The largest absolute Gasteiger partial charge is 0.508 e. The average Bonchev–Trinajstić information content (AvgIpc) is 4.22. The van der Waals surface area contributed by atoms with Gasteiger partial charge in [-0.25, -0.2) is 18.4 Å². The van der Waals surface area contributed by atoms with Crippen LogP contribution in [0, 0.1) is 44.7 Å². The minimum atomic E-state index is -1.03. The highest BCUT2D eigenvalue weighted by Crippen LogP contribution is 2.46.